The van der Waals surface area contributed by atoms with Crippen LogP contribution < -0.4 is 20.1 Å². The van der Waals surface area contributed by atoms with Gasteiger partial charge in [0, 0.05) is 19.2 Å². The topological polar surface area (TPSA) is 98.8 Å². The summed E-state index contributed by atoms with van der Waals surface area (Å²) in [5.41, 5.74) is 0.510. The van der Waals surface area contributed by atoms with Gasteiger partial charge in [0.05, 0.1) is 12.1 Å². The molecule has 0 aliphatic carbocycles. The van der Waals surface area contributed by atoms with Crippen molar-refractivity contribution in [1.29, 1.82) is 0 Å². The molecule has 0 aliphatic rings. The Labute approximate surface area is 162 Å². The lowest BCUT2D eigenvalue weighted by Crippen LogP contribution is -2.34. The van der Waals surface area contributed by atoms with E-state index < -0.39 is 0 Å². The van der Waals surface area contributed by atoms with Gasteiger partial charge >= 0.3 is 6.03 Å². The molecule has 2 aromatic heterocycles. The molecule has 8 heteroatoms. The molecule has 28 heavy (non-hydrogen) atoms. The average molecular weight is 385 g/mol. The van der Waals surface area contributed by atoms with Crippen LogP contribution in [-0.2, 0) is 0 Å². The van der Waals surface area contributed by atoms with Gasteiger partial charge in [0.1, 0.15) is 17.2 Å². The lowest BCUT2D eigenvalue weighted by atomic mass is 10.2. The third kappa shape index (κ3) is 4.85. The molecule has 8 nitrogen and oxygen atoms in total. The van der Waals surface area contributed by atoms with Crippen molar-refractivity contribution in [1.82, 2.24) is 15.8 Å². The van der Waals surface area contributed by atoms with Crippen LogP contribution in [0, 0.1) is 0 Å². The average Bonchev–Trinajstić information content (AvgIpc) is 3.32. The van der Waals surface area contributed by atoms with E-state index in [9.17, 15) is 4.79 Å². The maximum atomic E-state index is 11.4. The van der Waals surface area contributed by atoms with Gasteiger partial charge in [-0.2, -0.15) is 0 Å². The number of hydrogen-bond acceptors (Lipinski definition) is 6. The molecular weight excluding hydrogens is 362 g/mol. The Morgan fingerprint density at radius 3 is 2.46 bits per heavy atom. The zero-order valence-electron chi connectivity index (χ0n) is 16.2. The number of amides is 2. The number of urea groups is 1. The van der Waals surface area contributed by atoms with Crippen LogP contribution in [0.1, 0.15) is 32.6 Å². The van der Waals surface area contributed by atoms with E-state index >= 15 is 0 Å². The van der Waals surface area contributed by atoms with Gasteiger partial charge in [-0.1, -0.05) is 5.16 Å². The van der Waals surface area contributed by atoms with Gasteiger partial charge in [0.25, 0.3) is 5.95 Å². The van der Waals surface area contributed by atoms with Gasteiger partial charge in [0.2, 0.25) is 0 Å². The van der Waals surface area contributed by atoms with E-state index in [2.05, 4.69) is 15.8 Å². The maximum Gasteiger partial charge on any atom is 0.315 e. The highest BCUT2D eigenvalue weighted by Crippen LogP contribution is 2.31. The molecule has 1 aromatic carbocycles. The number of nitrogens with zero attached hydrogens (tertiary/aromatic N) is 1. The van der Waals surface area contributed by atoms with Crippen molar-refractivity contribution in [2.24, 2.45) is 0 Å². The molecule has 0 fully saturated rings. The molecule has 0 saturated carbocycles. The summed E-state index contributed by atoms with van der Waals surface area (Å²) in [5.74, 6) is 2.74. The molecule has 0 saturated heterocycles. The molecule has 1 unspecified atom stereocenters. The van der Waals surface area contributed by atoms with E-state index in [0.29, 0.717) is 28.9 Å². The van der Waals surface area contributed by atoms with Crippen LogP contribution in [0.4, 0.5) is 4.79 Å². The SMILES string of the molecule is CNC(=O)NC(C)c1cc(-c2ccc(Oc3ccc(OC(C)C)cc3)o2)no1. The predicted octanol–water partition coefficient (Wildman–Crippen LogP) is 4.50. The van der Waals surface area contributed by atoms with Crippen LogP contribution in [0.2, 0.25) is 0 Å². The fourth-order valence-corrected chi connectivity index (χ4v) is 2.44. The number of hydrogen-bond donors (Lipinski definition) is 2. The summed E-state index contributed by atoms with van der Waals surface area (Å²) >= 11 is 0. The maximum absolute atomic E-state index is 11.4. The Morgan fingerprint density at radius 1 is 1.07 bits per heavy atom. The van der Waals surface area contributed by atoms with Crippen molar-refractivity contribution in [2.45, 2.75) is 32.9 Å². The van der Waals surface area contributed by atoms with Gasteiger partial charge in [-0.25, -0.2) is 4.79 Å². The van der Waals surface area contributed by atoms with Crippen LogP contribution in [0.15, 0.2) is 51.4 Å². The summed E-state index contributed by atoms with van der Waals surface area (Å²) in [4.78, 5) is 11.4. The monoisotopic (exact) mass is 385 g/mol. The third-order valence-corrected chi connectivity index (χ3v) is 3.78. The predicted molar refractivity (Wildman–Crippen MR) is 102 cm³/mol. The normalized spacial score (nSPS) is 11.9. The first kappa shape index (κ1) is 19.3. The molecular formula is C20H23N3O5. The van der Waals surface area contributed by atoms with Crippen LogP contribution >= 0.6 is 0 Å². The number of nitrogens with one attached hydrogen (secondary N) is 2. The Hall–Kier alpha value is -3.42. The van der Waals surface area contributed by atoms with Crippen LogP contribution in [-0.4, -0.2) is 24.3 Å². The third-order valence-electron chi connectivity index (χ3n) is 3.78. The van der Waals surface area contributed by atoms with E-state index in [4.69, 9.17) is 18.4 Å². The van der Waals surface area contributed by atoms with Crippen molar-refractivity contribution in [3.05, 3.63) is 48.2 Å². The minimum absolute atomic E-state index is 0.112. The lowest BCUT2D eigenvalue weighted by Gasteiger charge is -2.09. The number of rotatable bonds is 7. The van der Waals surface area contributed by atoms with E-state index in [0.717, 1.165) is 5.75 Å². The van der Waals surface area contributed by atoms with Crippen LogP contribution in [0.3, 0.4) is 0 Å². The van der Waals surface area contributed by atoms with E-state index in [1.807, 2.05) is 26.0 Å². The quantitative estimate of drug-likeness (QED) is 0.621. The summed E-state index contributed by atoms with van der Waals surface area (Å²) in [6.07, 6.45) is 0.112. The second kappa shape index (κ2) is 8.51. The molecule has 2 N–H and O–H groups in total. The van der Waals surface area contributed by atoms with Gasteiger partial charge in [-0.3, -0.25) is 0 Å². The molecule has 3 rings (SSSR count). The Kier molecular flexibility index (Phi) is 5.88. The highest BCUT2D eigenvalue weighted by molar-refractivity contribution is 5.73. The number of benzene rings is 1. The Morgan fingerprint density at radius 2 is 1.79 bits per heavy atom. The lowest BCUT2D eigenvalue weighted by molar-refractivity contribution is 0.236. The molecule has 0 aliphatic heterocycles. The number of ether oxygens (including phenoxy) is 2. The summed E-state index contributed by atoms with van der Waals surface area (Å²) in [6.45, 7) is 5.74. The number of aromatic nitrogens is 1. The minimum atomic E-state index is -0.335. The molecule has 2 heterocycles. The molecule has 0 spiro atoms. The number of furan rings is 1. The molecule has 2 amide bonds. The highest BCUT2D eigenvalue weighted by atomic mass is 16.6. The van der Waals surface area contributed by atoms with Crippen LogP contribution in [0.25, 0.3) is 11.5 Å². The van der Waals surface area contributed by atoms with Gasteiger partial charge in [-0.05, 0) is 51.1 Å². The number of carbonyl (C=O) groups excluding carboxylic acids is 1. The largest absolute Gasteiger partial charge is 0.491 e. The van der Waals surface area contributed by atoms with E-state index in [1.54, 1.807) is 44.3 Å². The van der Waals surface area contributed by atoms with Crippen molar-refractivity contribution in [3.8, 4) is 28.9 Å². The van der Waals surface area contributed by atoms with Gasteiger partial charge < -0.3 is 29.0 Å². The molecule has 3 aromatic rings. The smallest absolute Gasteiger partial charge is 0.315 e. The standard InChI is InChI=1S/C20H23N3O5/c1-12(2)25-14-5-7-15(8-6-14)26-19-10-9-17(27-19)16-11-18(28-23-16)13(3)22-20(24)21-4/h5-13H,1-4H3,(H2,21,22,24). The zero-order valence-corrected chi connectivity index (χ0v) is 16.2. The van der Waals surface area contributed by atoms with Gasteiger partial charge in [-0.15, -0.1) is 0 Å². The summed E-state index contributed by atoms with van der Waals surface area (Å²) in [5, 5.41) is 9.19. The van der Waals surface area contributed by atoms with Crippen molar-refractivity contribution < 1.29 is 23.2 Å². The first-order chi connectivity index (χ1) is 13.4. The van der Waals surface area contributed by atoms with Crippen LogP contribution in [0.5, 0.6) is 17.4 Å². The summed E-state index contributed by atoms with van der Waals surface area (Å²) in [6, 6.07) is 11.8. The second-order valence-corrected chi connectivity index (χ2v) is 6.42. The minimum Gasteiger partial charge on any atom is -0.491 e. The highest BCUT2D eigenvalue weighted by Gasteiger charge is 2.17. The zero-order chi connectivity index (χ0) is 20.1. The van der Waals surface area contributed by atoms with E-state index in [-0.39, 0.29) is 18.2 Å². The summed E-state index contributed by atoms with van der Waals surface area (Å²) < 4.78 is 22.3. The molecule has 1 atom stereocenters. The first-order valence-electron chi connectivity index (χ1n) is 8.94. The van der Waals surface area contributed by atoms with Gasteiger partial charge in [0.15, 0.2) is 11.5 Å². The Balaban J connectivity index is 1.65. The second-order valence-electron chi connectivity index (χ2n) is 6.42. The van der Waals surface area contributed by atoms with Crippen molar-refractivity contribution >= 4 is 6.03 Å². The Bertz CT molecular complexity index is 914. The molecule has 0 bridgehead atoms. The van der Waals surface area contributed by atoms with Crippen molar-refractivity contribution in [3.63, 3.8) is 0 Å². The molecule has 0 radical (unpaired) electrons. The fourth-order valence-electron chi connectivity index (χ4n) is 2.44. The summed E-state index contributed by atoms with van der Waals surface area (Å²) in [7, 11) is 1.54. The fraction of sp³-hybridized carbons (Fsp3) is 0.300. The molecule has 148 valence electrons. The van der Waals surface area contributed by atoms with Crippen molar-refractivity contribution in [2.75, 3.05) is 7.05 Å². The van der Waals surface area contributed by atoms with E-state index in [1.165, 1.54) is 0 Å². The number of carbonyl (C=O) groups is 1. The first-order valence-corrected chi connectivity index (χ1v) is 8.94.